The lowest BCUT2D eigenvalue weighted by atomic mass is 9.71. The first-order valence-electron chi connectivity index (χ1n) is 9.24. The minimum Gasteiger partial charge on any atom is -0.342 e. The number of hydrogen-bond acceptors (Lipinski definition) is 4. The van der Waals surface area contributed by atoms with Crippen LogP contribution in [0.4, 0.5) is 8.78 Å². The van der Waals surface area contributed by atoms with Gasteiger partial charge < -0.3 is 4.90 Å². The van der Waals surface area contributed by atoms with Crippen LogP contribution < -0.4 is 0 Å². The summed E-state index contributed by atoms with van der Waals surface area (Å²) in [6, 6.07) is 6.46. The fraction of sp³-hybridized carbons (Fsp3) is 0.632. The fourth-order valence-corrected chi connectivity index (χ4v) is 5.47. The second-order valence-corrected chi connectivity index (χ2v) is 9.81. The SMILES string of the molecule is CCN1CCC[C@]2(CN(Cc3ccccc3S(C)(=O)=O)CC(F)(F)C2)C1=O. The predicted molar refractivity (Wildman–Crippen MR) is 98.3 cm³/mol. The average molecular weight is 400 g/mol. The highest BCUT2D eigenvalue weighted by molar-refractivity contribution is 7.90. The summed E-state index contributed by atoms with van der Waals surface area (Å²) in [5.41, 5.74) is -0.598. The van der Waals surface area contributed by atoms with Gasteiger partial charge in [0, 0.05) is 38.9 Å². The largest absolute Gasteiger partial charge is 0.342 e. The summed E-state index contributed by atoms with van der Waals surface area (Å²) in [7, 11) is -3.46. The van der Waals surface area contributed by atoms with Gasteiger partial charge in [-0.05, 0) is 31.4 Å². The van der Waals surface area contributed by atoms with E-state index in [0.29, 0.717) is 31.5 Å². The summed E-state index contributed by atoms with van der Waals surface area (Å²) in [4.78, 5) is 16.3. The Labute approximate surface area is 159 Å². The molecule has 2 fully saturated rings. The van der Waals surface area contributed by atoms with Crippen molar-refractivity contribution in [3.63, 3.8) is 0 Å². The Morgan fingerprint density at radius 3 is 2.56 bits per heavy atom. The zero-order valence-electron chi connectivity index (χ0n) is 15.7. The molecule has 3 rings (SSSR count). The molecule has 150 valence electrons. The summed E-state index contributed by atoms with van der Waals surface area (Å²) in [6.07, 6.45) is 1.84. The van der Waals surface area contributed by atoms with Crippen molar-refractivity contribution in [2.75, 3.05) is 32.4 Å². The monoisotopic (exact) mass is 400 g/mol. The summed E-state index contributed by atoms with van der Waals surface area (Å²) in [5.74, 6) is -3.18. The maximum Gasteiger partial charge on any atom is 0.261 e. The van der Waals surface area contributed by atoms with Crippen molar-refractivity contribution in [2.24, 2.45) is 5.41 Å². The first-order valence-corrected chi connectivity index (χ1v) is 11.1. The Bertz CT molecular complexity index is 828. The van der Waals surface area contributed by atoms with Gasteiger partial charge in [-0.2, -0.15) is 0 Å². The second kappa shape index (κ2) is 7.13. The molecule has 0 N–H and O–H groups in total. The van der Waals surface area contributed by atoms with Crippen LogP contribution in [0.2, 0.25) is 0 Å². The number of piperidine rings is 2. The quantitative estimate of drug-likeness (QED) is 0.780. The first-order chi connectivity index (χ1) is 12.6. The molecule has 1 aromatic rings. The number of carbonyl (C=O) groups excluding carboxylic acids is 1. The molecule has 0 unspecified atom stereocenters. The smallest absolute Gasteiger partial charge is 0.261 e. The topological polar surface area (TPSA) is 57.7 Å². The van der Waals surface area contributed by atoms with Gasteiger partial charge in [-0.1, -0.05) is 18.2 Å². The number of hydrogen-bond donors (Lipinski definition) is 0. The fourth-order valence-electron chi connectivity index (χ4n) is 4.53. The Morgan fingerprint density at radius 1 is 1.19 bits per heavy atom. The standard InChI is InChI=1S/C19H26F2N2O3S/c1-3-23-10-6-9-18(17(23)24)12-19(20,21)14-22(13-18)11-15-7-4-5-8-16(15)27(2,25)26/h4-5,7-8H,3,6,9-14H2,1-2H3/t18-/m0/s1. The Morgan fingerprint density at radius 2 is 1.89 bits per heavy atom. The van der Waals surface area contributed by atoms with E-state index in [9.17, 15) is 22.0 Å². The molecule has 1 aromatic carbocycles. The summed E-state index contributed by atoms with van der Waals surface area (Å²) in [6.45, 7) is 2.84. The highest BCUT2D eigenvalue weighted by atomic mass is 32.2. The van der Waals surface area contributed by atoms with Gasteiger partial charge >= 0.3 is 0 Å². The maximum atomic E-state index is 14.6. The molecular weight excluding hydrogens is 374 g/mol. The number of benzene rings is 1. The van der Waals surface area contributed by atoms with Crippen LogP contribution in [-0.4, -0.2) is 62.5 Å². The van der Waals surface area contributed by atoms with Crippen molar-refractivity contribution >= 4 is 15.7 Å². The lowest BCUT2D eigenvalue weighted by molar-refractivity contribution is -0.170. The molecule has 27 heavy (non-hydrogen) atoms. The lowest BCUT2D eigenvalue weighted by Crippen LogP contribution is -2.60. The zero-order valence-corrected chi connectivity index (χ0v) is 16.6. The van der Waals surface area contributed by atoms with E-state index in [2.05, 4.69) is 0 Å². The van der Waals surface area contributed by atoms with Crippen molar-refractivity contribution in [1.82, 2.24) is 9.80 Å². The van der Waals surface area contributed by atoms with Crippen LogP contribution in [0.25, 0.3) is 0 Å². The molecule has 0 aromatic heterocycles. The number of alkyl halides is 2. The molecule has 5 nitrogen and oxygen atoms in total. The minimum absolute atomic E-state index is 0.0833. The number of rotatable bonds is 4. The third-order valence-corrected chi connectivity index (χ3v) is 6.75. The van der Waals surface area contributed by atoms with Crippen molar-refractivity contribution < 1.29 is 22.0 Å². The molecule has 0 aliphatic carbocycles. The summed E-state index contributed by atoms with van der Waals surface area (Å²) >= 11 is 0. The lowest BCUT2D eigenvalue weighted by Gasteiger charge is -2.49. The molecule has 2 aliphatic heterocycles. The first kappa shape index (κ1) is 20.2. The van der Waals surface area contributed by atoms with E-state index in [1.165, 1.54) is 6.07 Å². The Balaban J connectivity index is 1.90. The normalized spacial score (nSPS) is 26.5. The van der Waals surface area contributed by atoms with E-state index < -0.39 is 34.1 Å². The number of likely N-dealkylation sites (tertiary alicyclic amines) is 2. The molecule has 0 saturated carbocycles. The van der Waals surface area contributed by atoms with E-state index in [0.717, 1.165) is 6.26 Å². The summed E-state index contributed by atoms with van der Waals surface area (Å²) in [5, 5.41) is 0. The molecule has 0 radical (unpaired) electrons. The van der Waals surface area contributed by atoms with Gasteiger partial charge in [-0.3, -0.25) is 9.69 Å². The summed E-state index contributed by atoms with van der Waals surface area (Å²) < 4.78 is 53.2. The molecule has 1 spiro atoms. The van der Waals surface area contributed by atoms with E-state index in [-0.39, 0.29) is 23.9 Å². The van der Waals surface area contributed by atoms with E-state index in [4.69, 9.17) is 0 Å². The maximum absolute atomic E-state index is 14.6. The minimum atomic E-state index is -3.46. The predicted octanol–water partition coefficient (Wildman–Crippen LogP) is 2.56. The van der Waals surface area contributed by atoms with Crippen molar-refractivity contribution in [1.29, 1.82) is 0 Å². The van der Waals surface area contributed by atoms with E-state index >= 15 is 0 Å². The highest BCUT2D eigenvalue weighted by Gasteiger charge is 2.54. The third kappa shape index (κ3) is 4.16. The van der Waals surface area contributed by atoms with Gasteiger partial charge in [0.2, 0.25) is 5.91 Å². The van der Waals surface area contributed by atoms with Crippen LogP contribution in [0, 0.1) is 5.41 Å². The number of sulfone groups is 1. The molecule has 1 atom stereocenters. The van der Waals surface area contributed by atoms with Crippen molar-refractivity contribution in [3.8, 4) is 0 Å². The van der Waals surface area contributed by atoms with Crippen LogP contribution in [0.5, 0.6) is 0 Å². The molecule has 2 aliphatic rings. The average Bonchev–Trinajstić information content (AvgIpc) is 2.55. The van der Waals surface area contributed by atoms with Gasteiger partial charge in [-0.15, -0.1) is 0 Å². The molecule has 8 heteroatoms. The van der Waals surface area contributed by atoms with E-state index in [1.807, 2.05) is 6.92 Å². The van der Waals surface area contributed by atoms with Gasteiger partial charge in [0.25, 0.3) is 5.92 Å². The van der Waals surface area contributed by atoms with Crippen LogP contribution in [0.3, 0.4) is 0 Å². The van der Waals surface area contributed by atoms with Crippen LogP contribution in [0.15, 0.2) is 29.2 Å². The molecule has 1 amide bonds. The van der Waals surface area contributed by atoms with Crippen LogP contribution in [-0.2, 0) is 21.2 Å². The van der Waals surface area contributed by atoms with Gasteiger partial charge in [0.15, 0.2) is 9.84 Å². The number of nitrogens with zero attached hydrogens (tertiary/aromatic N) is 2. The second-order valence-electron chi connectivity index (χ2n) is 7.83. The third-order valence-electron chi connectivity index (χ3n) is 5.55. The van der Waals surface area contributed by atoms with Crippen LogP contribution in [0.1, 0.15) is 31.7 Å². The molecule has 0 bridgehead atoms. The number of halogens is 2. The Hall–Kier alpha value is -1.54. The number of carbonyl (C=O) groups is 1. The molecular formula is C19H26F2N2O3S. The van der Waals surface area contributed by atoms with Crippen molar-refractivity contribution in [3.05, 3.63) is 29.8 Å². The molecule has 2 saturated heterocycles. The number of amides is 1. The van der Waals surface area contributed by atoms with Crippen molar-refractivity contribution in [2.45, 2.75) is 43.5 Å². The van der Waals surface area contributed by atoms with Gasteiger partial charge in [0.05, 0.1) is 16.9 Å². The zero-order chi connectivity index (χ0) is 19.9. The van der Waals surface area contributed by atoms with Crippen LogP contribution >= 0.6 is 0 Å². The Kier molecular flexibility index (Phi) is 5.33. The van der Waals surface area contributed by atoms with E-state index in [1.54, 1.807) is 28.0 Å². The van der Waals surface area contributed by atoms with Gasteiger partial charge in [0.1, 0.15) is 0 Å². The molecule has 2 heterocycles. The highest BCUT2D eigenvalue weighted by Crippen LogP contribution is 2.45. The van der Waals surface area contributed by atoms with Gasteiger partial charge in [-0.25, -0.2) is 17.2 Å².